The van der Waals surface area contributed by atoms with Crippen LogP contribution in [-0.4, -0.2) is 36.0 Å². The van der Waals surface area contributed by atoms with Crippen molar-refractivity contribution in [2.45, 2.75) is 38.4 Å². The molecule has 0 radical (unpaired) electrons. The molecule has 6 heteroatoms. The number of nitrogens with zero attached hydrogens (tertiary/aromatic N) is 1. The quantitative estimate of drug-likeness (QED) is 0.894. The van der Waals surface area contributed by atoms with Crippen LogP contribution in [0.1, 0.15) is 31.2 Å². The zero-order valence-corrected chi connectivity index (χ0v) is 12.8. The second-order valence-electron chi connectivity index (χ2n) is 4.86. The summed E-state index contributed by atoms with van der Waals surface area (Å²) in [5, 5.41) is 2.89. The van der Waals surface area contributed by atoms with Crippen LogP contribution < -0.4 is 11.1 Å². The van der Waals surface area contributed by atoms with Crippen LogP contribution in [-0.2, 0) is 4.79 Å². The van der Waals surface area contributed by atoms with Crippen LogP contribution in [0.2, 0.25) is 4.34 Å². The van der Waals surface area contributed by atoms with Crippen molar-refractivity contribution in [3.8, 4) is 0 Å². The summed E-state index contributed by atoms with van der Waals surface area (Å²) in [6, 6.07) is 3.82. The Morgan fingerprint density at radius 3 is 2.95 bits per heavy atom. The number of hydrogen-bond donors (Lipinski definition) is 2. The molecule has 4 nitrogen and oxygen atoms in total. The molecular formula is C13H20ClN3OS. The summed E-state index contributed by atoms with van der Waals surface area (Å²) in [6.45, 7) is 5.50. The van der Waals surface area contributed by atoms with Gasteiger partial charge in [-0.3, -0.25) is 9.69 Å². The monoisotopic (exact) mass is 301 g/mol. The number of carbonyl (C=O) groups excluding carboxylic acids is 1. The van der Waals surface area contributed by atoms with Crippen molar-refractivity contribution in [2.75, 3.05) is 13.1 Å². The summed E-state index contributed by atoms with van der Waals surface area (Å²) < 4.78 is 0.761. The van der Waals surface area contributed by atoms with Crippen molar-refractivity contribution < 1.29 is 4.79 Å². The lowest BCUT2D eigenvalue weighted by atomic mass is 10.00. The number of nitrogens with one attached hydrogen (secondary N) is 1. The molecule has 106 valence electrons. The van der Waals surface area contributed by atoms with Crippen LogP contribution in [0, 0.1) is 0 Å². The minimum atomic E-state index is -0.155. The lowest BCUT2D eigenvalue weighted by Crippen LogP contribution is -2.57. The highest BCUT2D eigenvalue weighted by molar-refractivity contribution is 7.16. The van der Waals surface area contributed by atoms with Gasteiger partial charge in [0.2, 0.25) is 5.91 Å². The largest absolute Gasteiger partial charge is 0.353 e. The van der Waals surface area contributed by atoms with Crippen molar-refractivity contribution >= 4 is 28.8 Å². The molecule has 0 aliphatic carbocycles. The predicted molar refractivity (Wildman–Crippen MR) is 79.5 cm³/mol. The van der Waals surface area contributed by atoms with E-state index < -0.39 is 0 Å². The van der Waals surface area contributed by atoms with E-state index in [9.17, 15) is 4.79 Å². The highest BCUT2D eigenvalue weighted by atomic mass is 35.5. The van der Waals surface area contributed by atoms with Gasteiger partial charge in [0.15, 0.2) is 0 Å². The molecule has 2 heterocycles. The zero-order valence-electron chi connectivity index (χ0n) is 11.2. The summed E-state index contributed by atoms with van der Waals surface area (Å²) >= 11 is 7.58. The summed E-state index contributed by atoms with van der Waals surface area (Å²) in [5.74, 6) is 0.0715. The fourth-order valence-electron chi connectivity index (χ4n) is 2.51. The van der Waals surface area contributed by atoms with Gasteiger partial charge in [0, 0.05) is 24.0 Å². The molecule has 19 heavy (non-hydrogen) atoms. The molecule has 1 aromatic heterocycles. The van der Waals surface area contributed by atoms with Crippen LogP contribution >= 0.6 is 22.9 Å². The highest BCUT2D eigenvalue weighted by Crippen LogP contribution is 2.34. The fraction of sp³-hybridized carbons (Fsp3) is 0.615. The predicted octanol–water partition coefficient (Wildman–Crippen LogP) is 2.00. The first-order valence-electron chi connectivity index (χ1n) is 6.58. The van der Waals surface area contributed by atoms with Gasteiger partial charge >= 0.3 is 0 Å². The van der Waals surface area contributed by atoms with E-state index in [0.29, 0.717) is 6.54 Å². The minimum absolute atomic E-state index is 0.00284. The molecule has 0 saturated carbocycles. The number of rotatable bonds is 4. The number of nitrogens with two attached hydrogens (primary N) is 1. The van der Waals surface area contributed by atoms with E-state index in [2.05, 4.69) is 17.1 Å². The van der Waals surface area contributed by atoms with Crippen molar-refractivity contribution in [3.63, 3.8) is 0 Å². The first-order valence-corrected chi connectivity index (χ1v) is 7.78. The lowest BCUT2D eigenvalue weighted by Gasteiger charge is -2.40. The third kappa shape index (κ3) is 3.11. The van der Waals surface area contributed by atoms with E-state index in [-0.39, 0.29) is 24.0 Å². The molecule has 1 aliphatic rings. The standard InChI is InChI=1S/C13H20ClN3OS/c1-3-9(15)12(10-4-5-11(14)19-10)17-7-6-16-13(18)8(17)2/h4-5,8-9,12H,3,6-7,15H2,1-2H3,(H,16,18). The summed E-state index contributed by atoms with van der Waals surface area (Å²) in [7, 11) is 0. The van der Waals surface area contributed by atoms with Crippen LogP contribution in [0.15, 0.2) is 12.1 Å². The average molecular weight is 302 g/mol. The van der Waals surface area contributed by atoms with Gasteiger partial charge in [-0.25, -0.2) is 0 Å². The Labute approximate surface area is 122 Å². The molecule has 3 atom stereocenters. The minimum Gasteiger partial charge on any atom is -0.353 e. The summed E-state index contributed by atoms with van der Waals surface area (Å²) in [6.07, 6.45) is 0.866. The number of carbonyl (C=O) groups is 1. The van der Waals surface area contributed by atoms with E-state index in [1.54, 1.807) is 11.3 Å². The molecule has 1 fully saturated rings. The van der Waals surface area contributed by atoms with Gasteiger partial charge in [-0.05, 0) is 25.5 Å². The Bertz CT molecular complexity index is 451. The van der Waals surface area contributed by atoms with Crippen molar-refractivity contribution in [3.05, 3.63) is 21.3 Å². The van der Waals surface area contributed by atoms with Gasteiger partial charge in [-0.2, -0.15) is 0 Å². The maximum atomic E-state index is 11.8. The maximum Gasteiger partial charge on any atom is 0.237 e. The molecule has 0 spiro atoms. The third-order valence-corrected chi connectivity index (χ3v) is 4.97. The number of amides is 1. The molecule has 0 bridgehead atoms. The van der Waals surface area contributed by atoms with Crippen LogP contribution in [0.4, 0.5) is 0 Å². The summed E-state index contributed by atoms with van der Waals surface area (Å²) in [5.41, 5.74) is 6.29. The van der Waals surface area contributed by atoms with E-state index in [0.717, 1.165) is 22.2 Å². The second-order valence-corrected chi connectivity index (χ2v) is 6.61. The van der Waals surface area contributed by atoms with Gasteiger partial charge in [-0.1, -0.05) is 18.5 Å². The van der Waals surface area contributed by atoms with E-state index in [4.69, 9.17) is 17.3 Å². The highest BCUT2D eigenvalue weighted by Gasteiger charge is 2.35. The van der Waals surface area contributed by atoms with E-state index >= 15 is 0 Å². The van der Waals surface area contributed by atoms with Gasteiger partial charge in [0.25, 0.3) is 0 Å². The number of piperazine rings is 1. The molecule has 1 amide bonds. The van der Waals surface area contributed by atoms with Crippen molar-refractivity contribution in [2.24, 2.45) is 5.73 Å². The lowest BCUT2D eigenvalue weighted by molar-refractivity contribution is -0.129. The SMILES string of the molecule is CCC(N)C(c1ccc(Cl)s1)N1CCNC(=O)C1C. The maximum absolute atomic E-state index is 11.8. The Morgan fingerprint density at radius 2 is 2.37 bits per heavy atom. The topological polar surface area (TPSA) is 58.4 Å². The van der Waals surface area contributed by atoms with Gasteiger partial charge < -0.3 is 11.1 Å². The third-order valence-electron chi connectivity index (χ3n) is 3.67. The van der Waals surface area contributed by atoms with Gasteiger partial charge in [0.1, 0.15) is 0 Å². The average Bonchev–Trinajstić information content (AvgIpc) is 2.81. The van der Waals surface area contributed by atoms with Crippen LogP contribution in [0.5, 0.6) is 0 Å². The number of hydrogen-bond acceptors (Lipinski definition) is 4. The van der Waals surface area contributed by atoms with Gasteiger partial charge in [-0.15, -0.1) is 11.3 Å². The van der Waals surface area contributed by atoms with E-state index in [1.165, 1.54) is 0 Å². The first-order chi connectivity index (χ1) is 9.04. The van der Waals surface area contributed by atoms with Crippen molar-refractivity contribution in [1.82, 2.24) is 10.2 Å². The Morgan fingerprint density at radius 1 is 1.63 bits per heavy atom. The Hall–Kier alpha value is -0.620. The Balaban J connectivity index is 2.29. The number of halogens is 1. The second kappa shape index (κ2) is 6.22. The zero-order chi connectivity index (χ0) is 14.0. The van der Waals surface area contributed by atoms with E-state index in [1.807, 2.05) is 19.1 Å². The number of thiophene rings is 1. The molecule has 1 aromatic rings. The van der Waals surface area contributed by atoms with Crippen LogP contribution in [0.25, 0.3) is 0 Å². The molecule has 3 unspecified atom stereocenters. The molecule has 3 N–H and O–H groups in total. The van der Waals surface area contributed by atoms with Crippen molar-refractivity contribution in [1.29, 1.82) is 0 Å². The molecule has 0 aromatic carbocycles. The molecular weight excluding hydrogens is 282 g/mol. The Kier molecular flexibility index (Phi) is 4.84. The molecule has 1 aliphatic heterocycles. The molecule has 2 rings (SSSR count). The molecule has 1 saturated heterocycles. The smallest absolute Gasteiger partial charge is 0.237 e. The van der Waals surface area contributed by atoms with Crippen LogP contribution in [0.3, 0.4) is 0 Å². The van der Waals surface area contributed by atoms with Gasteiger partial charge in [0.05, 0.1) is 16.4 Å². The summed E-state index contributed by atoms with van der Waals surface area (Å²) in [4.78, 5) is 15.2. The normalized spacial score (nSPS) is 24.0. The fourth-order valence-corrected chi connectivity index (χ4v) is 3.77. The first kappa shape index (κ1) is 14.8.